The van der Waals surface area contributed by atoms with Crippen molar-refractivity contribution in [2.24, 2.45) is 0 Å². The highest BCUT2D eigenvalue weighted by atomic mass is 15.2. The molecule has 36 heavy (non-hydrogen) atoms. The molecule has 0 unspecified atom stereocenters. The molecule has 1 aromatic heterocycles. The number of anilines is 3. The van der Waals surface area contributed by atoms with Crippen molar-refractivity contribution in [3.05, 3.63) is 121 Å². The van der Waals surface area contributed by atoms with E-state index in [4.69, 9.17) is 0 Å². The second-order valence-corrected chi connectivity index (χ2v) is 10.5. The van der Waals surface area contributed by atoms with Crippen molar-refractivity contribution < 1.29 is 0 Å². The van der Waals surface area contributed by atoms with E-state index in [9.17, 15) is 0 Å². The Morgan fingerprint density at radius 1 is 0.639 bits per heavy atom. The monoisotopic (exact) mass is 460 g/mol. The van der Waals surface area contributed by atoms with Gasteiger partial charge in [0.1, 0.15) is 0 Å². The fraction of sp³-hybridized carbons (Fsp3) is 0.0882. The average molecular weight is 461 g/mol. The molecule has 0 bridgehead atoms. The normalized spacial score (nSPS) is 14.6. The van der Waals surface area contributed by atoms with Crippen LogP contribution in [0.25, 0.3) is 43.8 Å². The van der Waals surface area contributed by atoms with Crippen molar-refractivity contribution in [2.75, 3.05) is 4.90 Å². The van der Waals surface area contributed by atoms with Crippen LogP contribution in [0.4, 0.5) is 17.1 Å². The van der Waals surface area contributed by atoms with Crippen molar-refractivity contribution in [3.8, 4) is 22.3 Å². The summed E-state index contributed by atoms with van der Waals surface area (Å²) in [5.74, 6) is 0. The molecule has 8 rings (SSSR count). The van der Waals surface area contributed by atoms with Gasteiger partial charge in [-0.2, -0.15) is 0 Å². The third-order valence-corrected chi connectivity index (χ3v) is 8.24. The Labute approximate surface area is 210 Å². The Hall–Kier alpha value is -4.43. The molecule has 6 aromatic rings. The number of rotatable bonds is 1. The van der Waals surface area contributed by atoms with E-state index in [1.165, 1.54) is 72.0 Å². The van der Waals surface area contributed by atoms with E-state index >= 15 is 0 Å². The predicted octanol–water partition coefficient (Wildman–Crippen LogP) is 9.14. The predicted molar refractivity (Wildman–Crippen MR) is 150 cm³/mol. The molecule has 170 valence electrons. The molecule has 2 heterocycles. The first kappa shape index (κ1) is 19.8. The number of nitrogens with zero attached hydrogens (tertiary/aromatic N) is 2. The van der Waals surface area contributed by atoms with Crippen molar-refractivity contribution in [2.45, 2.75) is 19.3 Å². The van der Waals surface area contributed by atoms with E-state index in [2.05, 4.69) is 121 Å². The van der Waals surface area contributed by atoms with E-state index in [0.29, 0.717) is 0 Å². The lowest BCUT2D eigenvalue weighted by molar-refractivity contribution is 0.661. The molecular formula is C34H24N2. The first-order valence-corrected chi connectivity index (χ1v) is 12.6. The summed E-state index contributed by atoms with van der Waals surface area (Å²) in [6, 6.07) is 35.6. The minimum Gasteiger partial charge on any atom is -0.309 e. The van der Waals surface area contributed by atoms with Gasteiger partial charge in [-0.05, 0) is 74.3 Å². The summed E-state index contributed by atoms with van der Waals surface area (Å²) in [6.45, 7) is 4.71. The van der Waals surface area contributed by atoms with Gasteiger partial charge >= 0.3 is 0 Å². The van der Waals surface area contributed by atoms with Crippen molar-refractivity contribution in [1.29, 1.82) is 0 Å². The van der Waals surface area contributed by atoms with E-state index in [-0.39, 0.29) is 5.41 Å². The number of aromatic nitrogens is 1. The van der Waals surface area contributed by atoms with Crippen LogP contribution >= 0.6 is 0 Å². The molecule has 2 nitrogen and oxygen atoms in total. The van der Waals surface area contributed by atoms with E-state index in [0.717, 1.165) is 0 Å². The molecule has 0 saturated heterocycles. The van der Waals surface area contributed by atoms with Crippen LogP contribution in [0, 0.1) is 0 Å². The summed E-state index contributed by atoms with van der Waals surface area (Å²) in [7, 11) is 0. The molecule has 0 saturated carbocycles. The average Bonchev–Trinajstić information content (AvgIpc) is 3.15. The topological polar surface area (TPSA) is 16.1 Å². The molecule has 0 atom stereocenters. The van der Waals surface area contributed by atoms with Crippen LogP contribution in [-0.2, 0) is 5.41 Å². The van der Waals surface area contributed by atoms with E-state index < -0.39 is 0 Å². The first-order chi connectivity index (χ1) is 17.6. The summed E-state index contributed by atoms with van der Waals surface area (Å²) in [5, 5.41) is 5.12. The van der Waals surface area contributed by atoms with Gasteiger partial charge in [-0.15, -0.1) is 0 Å². The van der Waals surface area contributed by atoms with E-state index in [1.54, 1.807) is 0 Å². The van der Waals surface area contributed by atoms with Crippen LogP contribution in [0.15, 0.2) is 109 Å². The molecule has 2 aliphatic rings. The number of hydrogen-bond donors (Lipinski definition) is 0. The summed E-state index contributed by atoms with van der Waals surface area (Å²) in [6.07, 6.45) is 3.95. The van der Waals surface area contributed by atoms with Gasteiger partial charge in [-0.25, -0.2) is 0 Å². The van der Waals surface area contributed by atoms with Crippen LogP contribution in [0.5, 0.6) is 0 Å². The molecule has 1 aliphatic carbocycles. The molecule has 2 heteroatoms. The lowest BCUT2D eigenvalue weighted by atomic mass is 9.79. The van der Waals surface area contributed by atoms with Gasteiger partial charge in [0.15, 0.2) is 0 Å². The summed E-state index contributed by atoms with van der Waals surface area (Å²) < 4.78 is 0. The maximum atomic E-state index is 4.58. The second-order valence-electron chi connectivity index (χ2n) is 10.5. The maximum absolute atomic E-state index is 4.58. The SMILES string of the molecule is CC1(C)c2ccccc2-c2c1cc1c3c(cccc23)N(c2ccc3ccccc3c2)c2ccncc2-1. The van der Waals surface area contributed by atoms with Crippen LogP contribution in [0.1, 0.15) is 25.0 Å². The van der Waals surface area contributed by atoms with Crippen molar-refractivity contribution >= 4 is 38.6 Å². The molecule has 0 fully saturated rings. The Bertz CT molecular complexity index is 1880. The Morgan fingerprint density at radius 3 is 2.39 bits per heavy atom. The molecule has 1 aliphatic heterocycles. The van der Waals surface area contributed by atoms with Crippen molar-refractivity contribution in [3.63, 3.8) is 0 Å². The van der Waals surface area contributed by atoms with E-state index in [1.807, 2.05) is 12.4 Å². The molecule has 0 radical (unpaired) electrons. The highest BCUT2D eigenvalue weighted by Crippen LogP contribution is 2.58. The standard InChI is InChI=1S/C34H24N2/c1-34(2)28-12-6-5-10-24(28)32-25-11-7-13-31-33(25)26(19-29(32)34)27-20-35-17-16-30(27)36(31)23-15-14-21-8-3-4-9-22(21)18-23/h3-20H,1-2H3. The zero-order valence-electron chi connectivity index (χ0n) is 20.3. The van der Waals surface area contributed by atoms with Gasteiger partial charge in [0.2, 0.25) is 0 Å². The molecular weight excluding hydrogens is 436 g/mol. The fourth-order valence-electron chi connectivity index (χ4n) is 6.55. The lowest BCUT2D eigenvalue weighted by Gasteiger charge is -2.34. The third kappa shape index (κ3) is 2.43. The summed E-state index contributed by atoms with van der Waals surface area (Å²) in [4.78, 5) is 6.99. The first-order valence-electron chi connectivity index (χ1n) is 12.6. The highest BCUT2D eigenvalue weighted by molar-refractivity contribution is 6.19. The van der Waals surface area contributed by atoms with Gasteiger partial charge in [0.05, 0.1) is 11.4 Å². The second kappa shape index (κ2) is 6.83. The molecule has 0 amide bonds. The maximum Gasteiger partial charge on any atom is 0.0571 e. The Kier molecular flexibility index (Phi) is 3.76. The third-order valence-electron chi connectivity index (χ3n) is 8.24. The number of benzene rings is 5. The largest absolute Gasteiger partial charge is 0.309 e. The number of fused-ring (bicyclic) bond motifs is 7. The van der Waals surface area contributed by atoms with Gasteiger partial charge in [-0.3, -0.25) is 4.98 Å². The van der Waals surface area contributed by atoms with Crippen molar-refractivity contribution in [1.82, 2.24) is 4.98 Å². The number of pyridine rings is 1. The molecule has 0 spiro atoms. The van der Waals surface area contributed by atoms with Crippen LogP contribution < -0.4 is 4.90 Å². The zero-order chi connectivity index (χ0) is 24.0. The van der Waals surface area contributed by atoms with Gasteiger partial charge in [0, 0.05) is 34.4 Å². The minimum atomic E-state index is -0.0511. The van der Waals surface area contributed by atoms with Crippen LogP contribution in [0.3, 0.4) is 0 Å². The summed E-state index contributed by atoms with van der Waals surface area (Å²) >= 11 is 0. The Balaban J connectivity index is 1.50. The van der Waals surface area contributed by atoms with Gasteiger partial charge < -0.3 is 4.90 Å². The zero-order valence-corrected chi connectivity index (χ0v) is 20.3. The highest BCUT2D eigenvalue weighted by Gasteiger charge is 2.38. The van der Waals surface area contributed by atoms with Crippen LogP contribution in [0.2, 0.25) is 0 Å². The fourth-order valence-corrected chi connectivity index (χ4v) is 6.55. The van der Waals surface area contributed by atoms with Crippen LogP contribution in [-0.4, -0.2) is 4.98 Å². The van der Waals surface area contributed by atoms with Gasteiger partial charge in [0.25, 0.3) is 0 Å². The lowest BCUT2D eigenvalue weighted by Crippen LogP contribution is -2.17. The van der Waals surface area contributed by atoms with Gasteiger partial charge in [-0.1, -0.05) is 80.6 Å². The molecule has 0 N–H and O–H groups in total. The minimum absolute atomic E-state index is 0.0511. The summed E-state index contributed by atoms with van der Waals surface area (Å²) in [5.41, 5.74) is 11.5. The quantitative estimate of drug-likeness (QED) is 0.243. The Morgan fingerprint density at radius 2 is 1.47 bits per heavy atom. The molecule has 5 aromatic carbocycles. The smallest absolute Gasteiger partial charge is 0.0571 e. The number of hydrogen-bond acceptors (Lipinski definition) is 2.